The van der Waals surface area contributed by atoms with Gasteiger partial charge in [-0.25, -0.2) is 4.79 Å². The number of aliphatic hydroxyl groups excluding tert-OH is 1. The van der Waals surface area contributed by atoms with Gasteiger partial charge in [-0.05, 0) is 56.5 Å². The molecule has 352 valence electrons. The van der Waals surface area contributed by atoms with Crippen molar-refractivity contribution in [2.75, 3.05) is 18.6 Å². The maximum absolute atomic E-state index is 13.9. The molecule has 0 aromatic carbocycles. The summed E-state index contributed by atoms with van der Waals surface area (Å²) in [7, 11) is 0. The van der Waals surface area contributed by atoms with Gasteiger partial charge in [-0.2, -0.15) is 11.8 Å². The summed E-state index contributed by atoms with van der Waals surface area (Å²) in [6.45, 7) is 7.29. The molecule has 0 aliphatic carbocycles. The summed E-state index contributed by atoms with van der Waals surface area (Å²) in [5.41, 5.74) is 5.27. The lowest BCUT2D eigenvalue weighted by Gasteiger charge is -2.30. The Hall–Kier alpha value is -5.56. The van der Waals surface area contributed by atoms with Crippen LogP contribution in [0.1, 0.15) is 86.0 Å². The number of amides is 7. The quantitative estimate of drug-likeness (QED) is 0.0327. The highest BCUT2D eigenvalue weighted by atomic mass is 32.2. The highest BCUT2D eigenvalue weighted by Gasteiger charge is 2.36. The van der Waals surface area contributed by atoms with Crippen molar-refractivity contribution in [2.24, 2.45) is 17.6 Å². The third kappa shape index (κ3) is 21.8. The van der Waals surface area contributed by atoms with Gasteiger partial charge in [0.2, 0.25) is 41.4 Å². The Balaban J connectivity index is 6.60. The molecular weight excluding hydrogens is 845 g/mol. The summed E-state index contributed by atoms with van der Waals surface area (Å²) in [5, 5.41) is 63.6. The number of carboxylic acids is 4. The summed E-state index contributed by atoms with van der Waals surface area (Å²) in [6, 6.07) is -11.0. The van der Waals surface area contributed by atoms with Gasteiger partial charge < -0.3 is 68.5 Å². The van der Waals surface area contributed by atoms with Crippen molar-refractivity contribution < 1.29 is 78.3 Å². The van der Waals surface area contributed by atoms with E-state index in [1.165, 1.54) is 11.8 Å². The molecule has 7 amide bonds. The van der Waals surface area contributed by atoms with Gasteiger partial charge in [0, 0.05) is 12.8 Å². The van der Waals surface area contributed by atoms with E-state index >= 15 is 0 Å². The van der Waals surface area contributed by atoms with Gasteiger partial charge in [0.1, 0.15) is 42.3 Å². The molecule has 0 saturated carbocycles. The van der Waals surface area contributed by atoms with Gasteiger partial charge >= 0.3 is 23.9 Å². The minimum absolute atomic E-state index is 0.00105. The maximum Gasteiger partial charge on any atom is 0.326 e. The average molecular weight is 907 g/mol. The monoisotopic (exact) mass is 906 g/mol. The topological polar surface area (TPSA) is 399 Å². The van der Waals surface area contributed by atoms with E-state index in [4.69, 9.17) is 10.8 Å². The van der Waals surface area contributed by atoms with E-state index in [9.17, 15) is 73.2 Å². The second-order valence-electron chi connectivity index (χ2n) is 14.9. The standard InChI is InChI=1S/C37H62N8O16S/c1-7-18(4)29(35(58)42-23(14-17(2)3)34(57)40-22(12-13-62-6)32(55)43-24(37(60)61)15-28(52)53)45-33(56)21(9-11-27(50)51)39-31(54)20(8-10-26(48)49)41-36(59)30(19(5)46)44-25(47)16-38/h17-24,29-30,46H,7-16,38H2,1-6H3,(H,39,54)(H,40,57)(H,41,59)(H,42,58)(H,43,55)(H,44,47)(H,45,56)(H,48,49)(H,50,51)(H,52,53)(H,60,61)/t18-,19+,20-,21-,22-,23-,24-,29-,30-/m0/s1. The molecule has 14 N–H and O–H groups in total. The molecule has 0 spiro atoms. The zero-order valence-corrected chi connectivity index (χ0v) is 36.4. The number of carbonyl (C=O) groups is 11. The van der Waals surface area contributed by atoms with Gasteiger partial charge in [-0.3, -0.25) is 47.9 Å². The third-order valence-electron chi connectivity index (χ3n) is 9.20. The zero-order valence-electron chi connectivity index (χ0n) is 35.6. The van der Waals surface area contributed by atoms with E-state index in [0.29, 0.717) is 5.75 Å². The van der Waals surface area contributed by atoms with E-state index in [-0.39, 0.29) is 25.2 Å². The maximum atomic E-state index is 13.9. The van der Waals surface area contributed by atoms with Crippen molar-refractivity contribution in [2.45, 2.75) is 134 Å². The molecule has 0 aromatic heterocycles. The molecular formula is C37H62N8O16S. The van der Waals surface area contributed by atoms with Crippen LogP contribution in [0.5, 0.6) is 0 Å². The summed E-state index contributed by atoms with van der Waals surface area (Å²) < 4.78 is 0. The molecule has 0 aliphatic rings. The van der Waals surface area contributed by atoms with Crippen LogP contribution in [0.2, 0.25) is 0 Å². The first-order valence-electron chi connectivity index (χ1n) is 19.7. The largest absolute Gasteiger partial charge is 0.481 e. The van der Waals surface area contributed by atoms with Crippen molar-refractivity contribution >= 4 is 77.0 Å². The van der Waals surface area contributed by atoms with E-state index < -0.39 is 158 Å². The van der Waals surface area contributed by atoms with Crippen LogP contribution in [0.15, 0.2) is 0 Å². The van der Waals surface area contributed by atoms with Crippen LogP contribution in [-0.2, 0) is 52.7 Å². The second kappa shape index (κ2) is 28.9. The number of rotatable bonds is 31. The van der Waals surface area contributed by atoms with E-state index in [1.54, 1.807) is 34.0 Å². The number of nitrogens with two attached hydrogens (primary N) is 1. The molecule has 25 heteroatoms. The van der Waals surface area contributed by atoms with Crippen LogP contribution in [-0.4, -0.2) is 158 Å². The Kier molecular flexibility index (Phi) is 26.3. The van der Waals surface area contributed by atoms with Crippen molar-refractivity contribution in [3.63, 3.8) is 0 Å². The van der Waals surface area contributed by atoms with Crippen molar-refractivity contribution in [1.82, 2.24) is 37.2 Å². The van der Waals surface area contributed by atoms with Crippen molar-refractivity contribution in [3.05, 3.63) is 0 Å². The number of aliphatic hydroxyl groups is 1. The van der Waals surface area contributed by atoms with Gasteiger partial charge in [-0.1, -0.05) is 34.1 Å². The Bertz CT molecular complexity index is 1600. The fraction of sp³-hybridized carbons (Fsp3) is 0.703. The van der Waals surface area contributed by atoms with Crippen LogP contribution in [0.4, 0.5) is 0 Å². The van der Waals surface area contributed by atoms with Crippen LogP contribution in [0, 0.1) is 11.8 Å². The molecule has 62 heavy (non-hydrogen) atoms. The summed E-state index contributed by atoms with van der Waals surface area (Å²) in [6.07, 6.45) is -2.99. The fourth-order valence-electron chi connectivity index (χ4n) is 5.59. The number of aliphatic carboxylic acids is 4. The van der Waals surface area contributed by atoms with Gasteiger partial charge in [-0.15, -0.1) is 0 Å². The minimum atomic E-state index is -1.81. The Morgan fingerprint density at radius 3 is 1.37 bits per heavy atom. The van der Waals surface area contributed by atoms with Crippen molar-refractivity contribution in [1.29, 1.82) is 0 Å². The van der Waals surface area contributed by atoms with E-state index in [0.717, 1.165) is 6.92 Å². The molecule has 0 unspecified atom stereocenters. The number of thioether (sulfide) groups is 1. The Morgan fingerprint density at radius 1 is 0.548 bits per heavy atom. The molecule has 0 saturated heterocycles. The first-order valence-corrected chi connectivity index (χ1v) is 21.1. The lowest BCUT2D eigenvalue weighted by molar-refractivity contribution is -0.147. The third-order valence-corrected chi connectivity index (χ3v) is 9.84. The molecule has 0 aliphatic heterocycles. The van der Waals surface area contributed by atoms with Crippen LogP contribution in [0.3, 0.4) is 0 Å². The minimum Gasteiger partial charge on any atom is -0.481 e. The molecule has 9 atom stereocenters. The lowest BCUT2D eigenvalue weighted by Crippen LogP contribution is -2.61. The fourth-order valence-corrected chi connectivity index (χ4v) is 6.06. The van der Waals surface area contributed by atoms with Crippen LogP contribution >= 0.6 is 11.8 Å². The smallest absolute Gasteiger partial charge is 0.326 e. The molecule has 0 fully saturated rings. The summed E-state index contributed by atoms with van der Waals surface area (Å²) in [4.78, 5) is 139. The first-order chi connectivity index (χ1) is 28.9. The number of nitrogens with one attached hydrogen (secondary N) is 7. The average Bonchev–Trinajstić information content (AvgIpc) is 3.18. The molecule has 0 radical (unpaired) electrons. The van der Waals surface area contributed by atoms with Crippen LogP contribution in [0.25, 0.3) is 0 Å². The summed E-state index contributed by atoms with van der Waals surface area (Å²) >= 11 is 1.30. The van der Waals surface area contributed by atoms with Crippen molar-refractivity contribution in [3.8, 4) is 0 Å². The van der Waals surface area contributed by atoms with Gasteiger partial charge in [0.25, 0.3) is 0 Å². The first kappa shape index (κ1) is 56.4. The van der Waals surface area contributed by atoms with Crippen LogP contribution < -0.4 is 43.0 Å². The normalized spacial score (nSPS) is 15.4. The Labute approximate surface area is 362 Å². The predicted octanol–water partition coefficient (Wildman–Crippen LogP) is -3.15. The van der Waals surface area contributed by atoms with Gasteiger partial charge in [0.15, 0.2) is 0 Å². The lowest BCUT2D eigenvalue weighted by atomic mass is 9.96. The molecule has 24 nitrogen and oxygen atoms in total. The number of carboxylic acid groups (broad SMARTS) is 4. The molecule has 0 heterocycles. The zero-order chi connectivity index (χ0) is 47.9. The highest BCUT2D eigenvalue weighted by molar-refractivity contribution is 7.98. The SMILES string of the molecule is CC[C@H](C)[C@H](NC(=O)[C@H](CCC(=O)O)NC(=O)[C@H](CCC(=O)O)NC(=O)[C@@H](NC(=O)CN)[C@@H](C)O)C(=O)N[C@@H](CC(C)C)C(=O)N[C@@H](CCSC)C(=O)N[C@@H](CC(=O)O)C(=O)O. The van der Waals surface area contributed by atoms with E-state index in [2.05, 4.69) is 37.2 Å². The van der Waals surface area contributed by atoms with E-state index in [1.807, 2.05) is 0 Å². The number of carbonyl (C=O) groups excluding carboxylic acids is 7. The number of hydrogen-bond donors (Lipinski definition) is 13. The van der Waals surface area contributed by atoms with Gasteiger partial charge in [0.05, 0.1) is 19.1 Å². The second-order valence-corrected chi connectivity index (χ2v) is 15.9. The predicted molar refractivity (Wildman–Crippen MR) is 220 cm³/mol. The molecule has 0 aromatic rings. The Morgan fingerprint density at radius 2 is 0.968 bits per heavy atom. The summed E-state index contributed by atoms with van der Waals surface area (Å²) in [5.74, 6) is -13.4. The number of hydrogen-bond acceptors (Lipinski definition) is 14. The highest BCUT2D eigenvalue weighted by Crippen LogP contribution is 2.14. The molecule has 0 bridgehead atoms. The molecule has 0 rings (SSSR count).